The Labute approximate surface area is 165 Å². The van der Waals surface area contributed by atoms with Crippen molar-refractivity contribution in [1.29, 1.82) is 0 Å². The summed E-state index contributed by atoms with van der Waals surface area (Å²) < 4.78 is 12.9. The maximum Gasteiger partial charge on any atom is 0.228 e. The fraction of sp³-hybridized carbons (Fsp3) is 0.208. The SMILES string of the molecule is O=C(CCNCCc1ccc(F)cc1)N(Cc1ccccc1)c1ccccc1. The van der Waals surface area contributed by atoms with Gasteiger partial charge in [0.1, 0.15) is 5.82 Å². The highest BCUT2D eigenvalue weighted by atomic mass is 19.1. The van der Waals surface area contributed by atoms with E-state index in [2.05, 4.69) is 5.32 Å². The maximum atomic E-state index is 12.9. The van der Waals surface area contributed by atoms with E-state index in [4.69, 9.17) is 0 Å². The van der Waals surface area contributed by atoms with Gasteiger partial charge in [-0.2, -0.15) is 0 Å². The smallest absolute Gasteiger partial charge is 0.228 e. The van der Waals surface area contributed by atoms with Crippen molar-refractivity contribution < 1.29 is 9.18 Å². The summed E-state index contributed by atoms with van der Waals surface area (Å²) in [6.07, 6.45) is 1.23. The minimum absolute atomic E-state index is 0.0873. The first kappa shape index (κ1) is 19.8. The van der Waals surface area contributed by atoms with Crippen molar-refractivity contribution in [1.82, 2.24) is 5.32 Å². The number of hydrogen-bond acceptors (Lipinski definition) is 2. The van der Waals surface area contributed by atoms with Gasteiger partial charge in [-0.15, -0.1) is 0 Å². The summed E-state index contributed by atoms with van der Waals surface area (Å²) in [5, 5.41) is 3.31. The van der Waals surface area contributed by atoms with Crippen LogP contribution in [0.4, 0.5) is 10.1 Å². The van der Waals surface area contributed by atoms with Crippen molar-refractivity contribution >= 4 is 11.6 Å². The van der Waals surface area contributed by atoms with Gasteiger partial charge in [-0.3, -0.25) is 4.79 Å². The van der Waals surface area contributed by atoms with Crippen LogP contribution in [0.5, 0.6) is 0 Å². The van der Waals surface area contributed by atoms with Crippen LogP contribution in [0.3, 0.4) is 0 Å². The first-order valence-electron chi connectivity index (χ1n) is 9.57. The third kappa shape index (κ3) is 6.03. The molecule has 0 spiro atoms. The molecule has 0 bridgehead atoms. The minimum Gasteiger partial charge on any atom is -0.316 e. The predicted molar refractivity (Wildman–Crippen MR) is 112 cm³/mol. The molecule has 1 N–H and O–H groups in total. The predicted octanol–water partition coefficient (Wildman–Crippen LogP) is 4.58. The average molecular weight is 376 g/mol. The van der Waals surface area contributed by atoms with Gasteiger partial charge >= 0.3 is 0 Å². The summed E-state index contributed by atoms with van der Waals surface area (Å²) in [4.78, 5) is 14.7. The second kappa shape index (κ2) is 10.4. The standard InChI is InChI=1S/C24H25FN2O/c25-22-13-11-20(12-14-22)15-17-26-18-16-24(28)27(23-9-5-2-6-10-23)19-21-7-3-1-4-8-21/h1-14,26H,15-19H2. The fourth-order valence-corrected chi connectivity index (χ4v) is 3.04. The lowest BCUT2D eigenvalue weighted by Gasteiger charge is -2.23. The van der Waals surface area contributed by atoms with Crippen LogP contribution in [0, 0.1) is 5.82 Å². The van der Waals surface area contributed by atoms with Gasteiger partial charge in [-0.1, -0.05) is 60.7 Å². The molecular formula is C24H25FN2O. The molecule has 3 nitrogen and oxygen atoms in total. The fourth-order valence-electron chi connectivity index (χ4n) is 3.04. The molecule has 0 unspecified atom stereocenters. The van der Waals surface area contributed by atoms with Gasteiger partial charge in [-0.25, -0.2) is 4.39 Å². The Morgan fingerprint density at radius 1 is 0.786 bits per heavy atom. The number of nitrogens with one attached hydrogen (secondary N) is 1. The largest absolute Gasteiger partial charge is 0.316 e. The maximum absolute atomic E-state index is 12.9. The lowest BCUT2D eigenvalue weighted by atomic mass is 10.1. The van der Waals surface area contributed by atoms with Gasteiger partial charge in [0, 0.05) is 18.7 Å². The number of carbonyl (C=O) groups excluding carboxylic acids is 1. The van der Waals surface area contributed by atoms with E-state index in [0.717, 1.165) is 29.8 Å². The lowest BCUT2D eigenvalue weighted by Crippen LogP contribution is -2.33. The molecule has 3 aromatic carbocycles. The molecule has 3 aromatic rings. The molecule has 144 valence electrons. The van der Waals surface area contributed by atoms with E-state index in [0.29, 0.717) is 19.5 Å². The third-order valence-electron chi connectivity index (χ3n) is 4.57. The molecule has 0 aliphatic carbocycles. The van der Waals surface area contributed by atoms with Crippen molar-refractivity contribution in [3.8, 4) is 0 Å². The third-order valence-corrected chi connectivity index (χ3v) is 4.57. The molecule has 0 atom stereocenters. The van der Waals surface area contributed by atoms with Gasteiger partial charge in [-0.05, 0) is 48.4 Å². The number of benzene rings is 3. The van der Waals surface area contributed by atoms with Crippen LogP contribution in [0.2, 0.25) is 0 Å². The highest BCUT2D eigenvalue weighted by molar-refractivity contribution is 5.93. The highest BCUT2D eigenvalue weighted by Crippen LogP contribution is 2.18. The summed E-state index contributed by atoms with van der Waals surface area (Å²) in [5.41, 5.74) is 3.09. The number of amides is 1. The number of carbonyl (C=O) groups is 1. The molecular weight excluding hydrogens is 351 g/mol. The molecule has 0 heterocycles. The van der Waals surface area contributed by atoms with Crippen LogP contribution < -0.4 is 10.2 Å². The zero-order chi connectivity index (χ0) is 19.6. The second-order valence-corrected chi connectivity index (χ2v) is 6.68. The Bertz CT molecular complexity index is 851. The highest BCUT2D eigenvalue weighted by Gasteiger charge is 2.15. The van der Waals surface area contributed by atoms with Crippen molar-refractivity contribution in [2.45, 2.75) is 19.4 Å². The van der Waals surface area contributed by atoms with Gasteiger partial charge in [0.15, 0.2) is 0 Å². The van der Waals surface area contributed by atoms with E-state index < -0.39 is 0 Å². The van der Waals surface area contributed by atoms with E-state index in [1.807, 2.05) is 65.6 Å². The van der Waals surface area contributed by atoms with E-state index in [9.17, 15) is 9.18 Å². The van der Waals surface area contributed by atoms with Crippen molar-refractivity contribution in [3.63, 3.8) is 0 Å². The Hall–Kier alpha value is -2.98. The van der Waals surface area contributed by atoms with E-state index in [-0.39, 0.29) is 11.7 Å². The summed E-state index contributed by atoms with van der Waals surface area (Å²) >= 11 is 0. The van der Waals surface area contributed by atoms with Crippen LogP contribution in [0.1, 0.15) is 17.5 Å². The molecule has 0 saturated heterocycles. The van der Waals surface area contributed by atoms with Crippen molar-refractivity contribution in [2.75, 3.05) is 18.0 Å². The molecule has 3 rings (SSSR count). The van der Waals surface area contributed by atoms with Crippen LogP contribution in [0.25, 0.3) is 0 Å². The van der Waals surface area contributed by atoms with E-state index >= 15 is 0 Å². The Kier molecular flexibility index (Phi) is 7.33. The lowest BCUT2D eigenvalue weighted by molar-refractivity contribution is -0.118. The van der Waals surface area contributed by atoms with Gasteiger partial charge in [0.2, 0.25) is 5.91 Å². The molecule has 0 saturated carbocycles. The number of halogens is 1. The number of hydrogen-bond donors (Lipinski definition) is 1. The quantitative estimate of drug-likeness (QED) is 0.555. The molecule has 1 amide bonds. The number of anilines is 1. The Balaban J connectivity index is 1.52. The van der Waals surface area contributed by atoms with Crippen molar-refractivity contribution in [3.05, 3.63) is 102 Å². The van der Waals surface area contributed by atoms with Gasteiger partial charge < -0.3 is 10.2 Å². The Morgan fingerprint density at radius 3 is 2.11 bits per heavy atom. The molecule has 0 radical (unpaired) electrons. The zero-order valence-electron chi connectivity index (χ0n) is 15.9. The van der Waals surface area contributed by atoms with Crippen LogP contribution in [-0.4, -0.2) is 19.0 Å². The van der Waals surface area contributed by atoms with Crippen LogP contribution in [0.15, 0.2) is 84.9 Å². The number of nitrogens with zero attached hydrogens (tertiary/aromatic N) is 1. The van der Waals surface area contributed by atoms with Crippen LogP contribution in [-0.2, 0) is 17.8 Å². The molecule has 0 fully saturated rings. The summed E-state index contributed by atoms with van der Waals surface area (Å²) in [6, 6.07) is 26.3. The van der Waals surface area contributed by atoms with E-state index in [1.54, 1.807) is 12.1 Å². The zero-order valence-corrected chi connectivity index (χ0v) is 15.9. The average Bonchev–Trinajstić information content (AvgIpc) is 2.74. The van der Waals surface area contributed by atoms with Gasteiger partial charge in [0.05, 0.1) is 6.54 Å². The van der Waals surface area contributed by atoms with Gasteiger partial charge in [0.25, 0.3) is 0 Å². The van der Waals surface area contributed by atoms with Crippen LogP contribution >= 0.6 is 0 Å². The first-order chi connectivity index (χ1) is 13.7. The molecule has 4 heteroatoms. The first-order valence-corrected chi connectivity index (χ1v) is 9.57. The summed E-state index contributed by atoms with van der Waals surface area (Å²) in [6.45, 7) is 1.92. The minimum atomic E-state index is -0.221. The number of para-hydroxylation sites is 1. The normalized spacial score (nSPS) is 10.6. The molecule has 0 aromatic heterocycles. The monoisotopic (exact) mass is 376 g/mol. The molecule has 28 heavy (non-hydrogen) atoms. The Morgan fingerprint density at radius 2 is 1.43 bits per heavy atom. The summed E-state index contributed by atoms with van der Waals surface area (Å²) in [5.74, 6) is -0.133. The van der Waals surface area contributed by atoms with Crippen molar-refractivity contribution in [2.24, 2.45) is 0 Å². The summed E-state index contributed by atoms with van der Waals surface area (Å²) in [7, 11) is 0. The van der Waals surface area contributed by atoms with E-state index in [1.165, 1.54) is 12.1 Å². The second-order valence-electron chi connectivity index (χ2n) is 6.68. The topological polar surface area (TPSA) is 32.3 Å². The number of rotatable bonds is 9. The molecule has 0 aliphatic rings. The molecule has 0 aliphatic heterocycles.